The second-order valence-electron chi connectivity index (χ2n) is 7.39. The third-order valence-electron chi connectivity index (χ3n) is 5.19. The molecule has 0 aliphatic heterocycles. The van der Waals surface area contributed by atoms with E-state index in [2.05, 4.69) is 18.3 Å². The van der Waals surface area contributed by atoms with Gasteiger partial charge in [-0.3, -0.25) is 0 Å². The van der Waals surface area contributed by atoms with Crippen molar-refractivity contribution in [2.24, 2.45) is 17.8 Å². The highest BCUT2D eigenvalue weighted by atomic mass is 16.5. The Morgan fingerprint density at radius 1 is 1.24 bits per heavy atom. The van der Waals surface area contributed by atoms with Crippen molar-refractivity contribution in [3.05, 3.63) is 24.0 Å². The number of aliphatic hydroxyl groups is 2. The molecule has 2 saturated carbocycles. The Balaban J connectivity index is 0.000000970. The molecule has 0 aromatic heterocycles. The molecule has 0 aromatic carbocycles. The Morgan fingerprint density at radius 2 is 1.96 bits per heavy atom. The molecule has 2 aliphatic carbocycles. The Labute approximate surface area is 154 Å². The van der Waals surface area contributed by atoms with Crippen LogP contribution >= 0.6 is 0 Å². The van der Waals surface area contributed by atoms with Crippen LogP contribution in [0.1, 0.15) is 58.8 Å². The van der Waals surface area contributed by atoms with Crippen molar-refractivity contribution in [3.63, 3.8) is 0 Å². The molecule has 4 heteroatoms. The largest absolute Gasteiger partial charge is 0.502 e. The van der Waals surface area contributed by atoms with Gasteiger partial charge in [0.15, 0.2) is 0 Å². The van der Waals surface area contributed by atoms with Gasteiger partial charge in [0.1, 0.15) is 0 Å². The van der Waals surface area contributed by atoms with E-state index in [0.717, 1.165) is 38.7 Å². The van der Waals surface area contributed by atoms with Gasteiger partial charge in [-0.25, -0.2) is 0 Å². The van der Waals surface area contributed by atoms with E-state index in [9.17, 15) is 10.2 Å². The molecule has 2 aliphatic rings. The van der Waals surface area contributed by atoms with Crippen LogP contribution in [-0.2, 0) is 4.74 Å². The SMILES string of the molecule is CCCCC[C@H](O)C=C[C@@H]1[C@H]2CC(=COCC)C[C@H]2C[C@H]1O.CNC. The number of fused-ring (bicyclic) bond motifs is 1. The topological polar surface area (TPSA) is 61.7 Å². The fraction of sp³-hybridized carbons (Fsp3) is 0.810. The number of ether oxygens (including phenoxy) is 1. The lowest BCUT2D eigenvalue weighted by Gasteiger charge is -2.17. The molecule has 25 heavy (non-hydrogen) atoms. The van der Waals surface area contributed by atoms with Crippen molar-refractivity contribution in [2.45, 2.75) is 71.0 Å². The summed E-state index contributed by atoms with van der Waals surface area (Å²) in [7, 11) is 3.75. The van der Waals surface area contributed by atoms with Gasteiger partial charge in [-0.1, -0.05) is 38.3 Å². The molecule has 0 aromatic rings. The number of allylic oxidation sites excluding steroid dienone is 1. The second-order valence-corrected chi connectivity index (χ2v) is 7.39. The monoisotopic (exact) mass is 353 g/mol. The molecule has 0 radical (unpaired) electrons. The molecule has 0 heterocycles. The zero-order chi connectivity index (χ0) is 18.7. The standard InChI is InChI=1S/C19H32O3.C2H7N/c1-3-5-6-7-16(20)8-9-17-18-11-14(13-22-4-2)10-15(18)12-19(17)21;1-3-2/h8-9,13,15-21H,3-7,10-12H2,1-2H3;3H,1-2H3/t15-,16-,17+,18-,19+;/m0./s1. The molecule has 5 atom stereocenters. The van der Waals surface area contributed by atoms with Gasteiger partial charge in [0.25, 0.3) is 0 Å². The second kappa shape index (κ2) is 12.5. The van der Waals surface area contributed by atoms with Crippen molar-refractivity contribution < 1.29 is 14.9 Å². The fourth-order valence-electron chi connectivity index (χ4n) is 4.03. The number of rotatable bonds is 8. The van der Waals surface area contributed by atoms with E-state index in [1.54, 1.807) is 0 Å². The Morgan fingerprint density at radius 3 is 2.60 bits per heavy atom. The van der Waals surface area contributed by atoms with Crippen LogP contribution in [0.25, 0.3) is 0 Å². The van der Waals surface area contributed by atoms with Crippen LogP contribution in [-0.4, -0.2) is 43.1 Å². The highest BCUT2D eigenvalue weighted by Crippen LogP contribution is 2.50. The van der Waals surface area contributed by atoms with Crippen molar-refractivity contribution >= 4 is 0 Å². The van der Waals surface area contributed by atoms with E-state index in [1.165, 1.54) is 18.4 Å². The first-order valence-corrected chi connectivity index (χ1v) is 9.99. The smallest absolute Gasteiger partial charge is 0.0845 e. The zero-order valence-electron chi connectivity index (χ0n) is 16.6. The highest BCUT2D eigenvalue weighted by Gasteiger charge is 2.45. The summed E-state index contributed by atoms with van der Waals surface area (Å²) in [6.45, 7) is 4.89. The van der Waals surface area contributed by atoms with Crippen LogP contribution in [0.2, 0.25) is 0 Å². The minimum atomic E-state index is -0.363. The quantitative estimate of drug-likeness (QED) is 0.354. The molecule has 0 bridgehead atoms. The predicted octanol–water partition coefficient (Wildman–Crippen LogP) is 3.65. The van der Waals surface area contributed by atoms with E-state index in [0.29, 0.717) is 11.8 Å². The third kappa shape index (κ3) is 7.51. The molecule has 4 nitrogen and oxygen atoms in total. The minimum Gasteiger partial charge on any atom is -0.502 e. The van der Waals surface area contributed by atoms with Gasteiger partial charge in [0, 0.05) is 5.92 Å². The van der Waals surface area contributed by atoms with Crippen LogP contribution in [0.5, 0.6) is 0 Å². The Bertz CT molecular complexity index is 408. The molecule has 0 spiro atoms. The van der Waals surface area contributed by atoms with Gasteiger partial charge in [-0.15, -0.1) is 0 Å². The van der Waals surface area contributed by atoms with Crippen LogP contribution in [0.3, 0.4) is 0 Å². The molecular formula is C21H39NO3. The number of aliphatic hydroxyl groups excluding tert-OH is 2. The summed E-state index contributed by atoms with van der Waals surface area (Å²) in [6.07, 6.45) is 12.5. The van der Waals surface area contributed by atoms with E-state index < -0.39 is 0 Å². The van der Waals surface area contributed by atoms with Crippen LogP contribution < -0.4 is 5.32 Å². The lowest BCUT2D eigenvalue weighted by atomic mass is 9.90. The number of hydrogen-bond donors (Lipinski definition) is 3. The van der Waals surface area contributed by atoms with Crippen molar-refractivity contribution in [1.82, 2.24) is 5.32 Å². The van der Waals surface area contributed by atoms with Gasteiger partial charge in [-0.05, 0) is 64.1 Å². The van der Waals surface area contributed by atoms with Crippen LogP contribution in [0.4, 0.5) is 0 Å². The summed E-state index contributed by atoms with van der Waals surface area (Å²) in [5.74, 6) is 1.28. The average molecular weight is 354 g/mol. The summed E-state index contributed by atoms with van der Waals surface area (Å²) in [6, 6.07) is 0. The lowest BCUT2D eigenvalue weighted by Crippen LogP contribution is -2.17. The minimum absolute atomic E-state index is 0.193. The average Bonchev–Trinajstić information content (AvgIpc) is 3.08. The maximum Gasteiger partial charge on any atom is 0.0845 e. The van der Waals surface area contributed by atoms with E-state index in [4.69, 9.17) is 4.74 Å². The molecule has 146 valence electrons. The summed E-state index contributed by atoms with van der Waals surface area (Å²) < 4.78 is 5.42. The van der Waals surface area contributed by atoms with Gasteiger partial charge in [0.2, 0.25) is 0 Å². The van der Waals surface area contributed by atoms with Gasteiger partial charge in [-0.2, -0.15) is 0 Å². The zero-order valence-corrected chi connectivity index (χ0v) is 16.6. The first-order chi connectivity index (χ1) is 12.1. The third-order valence-corrected chi connectivity index (χ3v) is 5.19. The summed E-state index contributed by atoms with van der Waals surface area (Å²) in [5, 5.41) is 23.1. The van der Waals surface area contributed by atoms with Gasteiger partial charge >= 0.3 is 0 Å². The van der Waals surface area contributed by atoms with E-state index in [1.807, 2.05) is 33.4 Å². The molecule has 0 saturated heterocycles. The normalized spacial score (nSPS) is 31.0. The Kier molecular flexibility index (Phi) is 11.1. The van der Waals surface area contributed by atoms with Crippen molar-refractivity contribution in [2.75, 3.05) is 20.7 Å². The van der Waals surface area contributed by atoms with Gasteiger partial charge < -0.3 is 20.3 Å². The van der Waals surface area contributed by atoms with Crippen LogP contribution in [0.15, 0.2) is 24.0 Å². The van der Waals surface area contributed by atoms with Crippen molar-refractivity contribution in [3.8, 4) is 0 Å². The molecule has 2 fully saturated rings. The lowest BCUT2D eigenvalue weighted by molar-refractivity contribution is 0.139. The molecule has 0 amide bonds. The highest BCUT2D eigenvalue weighted by molar-refractivity contribution is 5.16. The number of hydrogen-bond acceptors (Lipinski definition) is 4. The van der Waals surface area contributed by atoms with E-state index >= 15 is 0 Å². The molecular weight excluding hydrogens is 314 g/mol. The summed E-state index contributed by atoms with van der Waals surface area (Å²) in [4.78, 5) is 0. The predicted molar refractivity (Wildman–Crippen MR) is 104 cm³/mol. The van der Waals surface area contributed by atoms with Crippen molar-refractivity contribution in [1.29, 1.82) is 0 Å². The number of unbranched alkanes of at least 4 members (excludes halogenated alkanes) is 2. The van der Waals surface area contributed by atoms with E-state index in [-0.39, 0.29) is 18.1 Å². The first kappa shape index (κ1) is 22.2. The Hall–Kier alpha value is -0.840. The number of nitrogens with one attached hydrogen (secondary N) is 1. The summed E-state index contributed by atoms with van der Waals surface area (Å²) in [5.41, 5.74) is 1.38. The molecule has 3 N–H and O–H groups in total. The van der Waals surface area contributed by atoms with Crippen LogP contribution in [0, 0.1) is 17.8 Å². The fourth-order valence-corrected chi connectivity index (χ4v) is 4.03. The molecule has 2 rings (SSSR count). The maximum absolute atomic E-state index is 10.3. The maximum atomic E-state index is 10.3. The molecule has 0 unspecified atom stereocenters. The first-order valence-electron chi connectivity index (χ1n) is 9.99. The van der Waals surface area contributed by atoms with Gasteiger partial charge in [0.05, 0.1) is 25.1 Å². The summed E-state index contributed by atoms with van der Waals surface area (Å²) >= 11 is 0.